The predicted molar refractivity (Wildman–Crippen MR) is 80.6 cm³/mol. The first kappa shape index (κ1) is 15.7. The molecule has 0 aliphatic carbocycles. The van der Waals surface area contributed by atoms with Crippen molar-refractivity contribution in [3.05, 3.63) is 22.7 Å². The number of nitrogens with zero attached hydrogens (tertiary/aromatic N) is 1. The minimum Gasteiger partial charge on any atom is -0.399 e. The molecule has 0 bridgehead atoms. The van der Waals surface area contributed by atoms with E-state index < -0.39 is 25.9 Å². The summed E-state index contributed by atoms with van der Waals surface area (Å²) < 4.78 is 49.5. The molecule has 6 nitrogen and oxygen atoms in total. The summed E-state index contributed by atoms with van der Waals surface area (Å²) in [5, 5.41) is 0. The molecule has 2 N–H and O–H groups in total. The van der Waals surface area contributed by atoms with Crippen LogP contribution in [0, 0.1) is 0 Å². The Kier molecular flexibility index (Phi) is 4.16. The van der Waals surface area contributed by atoms with Gasteiger partial charge in [0.1, 0.15) is 0 Å². The van der Waals surface area contributed by atoms with Crippen molar-refractivity contribution in [2.75, 3.05) is 24.3 Å². The van der Waals surface area contributed by atoms with Crippen LogP contribution in [0.15, 0.2) is 27.6 Å². The molecule has 1 aliphatic heterocycles. The van der Waals surface area contributed by atoms with E-state index in [1.807, 2.05) is 0 Å². The van der Waals surface area contributed by atoms with Crippen LogP contribution in [0.4, 0.5) is 5.69 Å². The van der Waals surface area contributed by atoms with Crippen molar-refractivity contribution in [1.29, 1.82) is 0 Å². The number of nitrogens with two attached hydrogens (primary N) is 1. The fourth-order valence-electron chi connectivity index (χ4n) is 2.14. The van der Waals surface area contributed by atoms with Crippen LogP contribution >= 0.6 is 15.9 Å². The number of anilines is 1. The van der Waals surface area contributed by atoms with Gasteiger partial charge in [-0.05, 0) is 40.5 Å². The summed E-state index contributed by atoms with van der Waals surface area (Å²) in [5.41, 5.74) is 6.03. The molecule has 0 aromatic heterocycles. The SMILES string of the molecule is CN(C1CCS(=O)(=O)C1)S(=O)(=O)c1ccc(N)cc1Br. The Morgan fingerprint density at radius 2 is 2.05 bits per heavy atom. The maximum Gasteiger partial charge on any atom is 0.244 e. The lowest BCUT2D eigenvalue weighted by atomic mass is 10.3. The zero-order valence-electron chi connectivity index (χ0n) is 10.8. The molecule has 1 aromatic carbocycles. The zero-order chi connectivity index (χ0) is 15.1. The standard InChI is InChI=1S/C11H15BrN2O4S2/c1-14(9-4-5-19(15,16)7-9)20(17,18)11-3-2-8(13)6-10(11)12/h2-3,6,9H,4-5,7,13H2,1H3. The van der Waals surface area contributed by atoms with Crippen LogP contribution in [0.3, 0.4) is 0 Å². The van der Waals surface area contributed by atoms with Crippen LogP contribution in [0.5, 0.6) is 0 Å². The summed E-state index contributed by atoms with van der Waals surface area (Å²) in [6.07, 6.45) is 0.324. The summed E-state index contributed by atoms with van der Waals surface area (Å²) in [7, 11) is -5.48. The second kappa shape index (κ2) is 5.28. The minimum atomic E-state index is -3.75. The lowest BCUT2D eigenvalue weighted by Gasteiger charge is -2.23. The molecule has 1 saturated heterocycles. The van der Waals surface area contributed by atoms with Gasteiger partial charge < -0.3 is 5.73 Å². The maximum atomic E-state index is 12.5. The number of hydrogen-bond donors (Lipinski definition) is 1. The van der Waals surface area contributed by atoms with E-state index in [9.17, 15) is 16.8 Å². The molecule has 0 saturated carbocycles. The summed E-state index contributed by atoms with van der Waals surface area (Å²) >= 11 is 3.18. The molecule has 1 fully saturated rings. The van der Waals surface area contributed by atoms with E-state index in [1.165, 1.54) is 25.2 Å². The molecule has 0 radical (unpaired) electrons. The highest BCUT2D eigenvalue weighted by Crippen LogP contribution is 2.29. The highest BCUT2D eigenvalue weighted by atomic mass is 79.9. The molecule has 0 amide bonds. The van der Waals surface area contributed by atoms with Crippen LogP contribution in [-0.4, -0.2) is 45.7 Å². The van der Waals surface area contributed by atoms with Gasteiger partial charge in [-0.3, -0.25) is 0 Å². The second-order valence-electron chi connectivity index (χ2n) is 4.77. The van der Waals surface area contributed by atoms with Crippen molar-refractivity contribution in [3.63, 3.8) is 0 Å². The quantitative estimate of drug-likeness (QED) is 0.780. The van der Waals surface area contributed by atoms with Gasteiger partial charge in [0.15, 0.2) is 9.84 Å². The van der Waals surface area contributed by atoms with Gasteiger partial charge in [-0.25, -0.2) is 16.8 Å². The number of halogens is 1. The van der Waals surface area contributed by atoms with Gasteiger partial charge in [0.05, 0.1) is 16.4 Å². The largest absolute Gasteiger partial charge is 0.399 e. The molecule has 1 unspecified atom stereocenters. The third-order valence-corrected chi connectivity index (χ3v) is 7.97. The first-order valence-electron chi connectivity index (χ1n) is 5.87. The number of hydrogen-bond acceptors (Lipinski definition) is 5. The van der Waals surface area contributed by atoms with Gasteiger partial charge in [-0.15, -0.1) is 0 Å². The lowest BCUT2D eigenvalue weighted by molar-refractivity contribution is 0.393. The van der Waals surface area contributed by atoms with Crippen molar-refractivity contribution in [3.8, 4) is 0 Å². The Morgan fingerprint density at radius 1 is 1.40 bits per heavy atom. The molecule has 2 rings (SSSR count). The summed E-state index contributed by atoms with van der Waals surface area (Å²) in [6, 6.07) is 3.90. The summed E-state index contributed by atoms with van der Waals surface area (Å²) in [6.45, 7) is 0. The summed E-state index contributed by atoms with van der Waals surface area (Å²) in [4.78, 5) is 0.0819. The van der Waals surface area contributed by atoms with Crippen molar-refractivity contribution in [2.45, 2.75) is 17.4 Å². The van der Waals surface area contributed by atoms with E-state index in [1.54, 1.807) is 0 Å². The van der Waals surface area contributed by atoms with E-state index in [-0.39, 0.29) is 16.4 Å². The zero-order valence-corrected chi connectivity index (χ0v) is 14.0. The van der Waals surface area contributed by atoms with Crippen LogP contribution in [0.1, 0.15) is 6.42 Å². The number of benzene rings is 1. The number of sulfonamides is 1. The van der Waals surface area contributed by atoms with Crippen LogP contribution in [-0.2, 0) is 19.9 Å². The molecular formula is C11H15BrN2O4S2. The monoisotopic (exact) mass is 382 g/mol. The van der Waals surface area contributed by atoms with E-state index >= 15 is 0 Å². The van der Waals surface area contributed by atoms with Crippen LogP contribution in [0.25, 0.3) is 0 Å². The first-order chi connectivity index (χ1) is 9.13. The third-order valence-electron chi connectivity index (χ3n) is 3.34. The van der Waals surface area contributed by atoms with Crippen molar-refractivity contribution < 1.29 is 16.8 Å². The van der Waals surface area contributed by atoms with Gasteiger partial charge in [-0.2, -0.15) is 4.31 Å². The van der Waals surface area contributed by atoms with E-state index in [0.29, 0.717) is 16.6 Å². The Balaban J connectivity index is 2.35. The normalized spacial score (nSPS) is 22.2. The Morgan fingerprint density at radius 3 is 2.55 bits per heavy atom. The third kappa shape index (κ3) is 3.00. The van der Waals surface area contributed by atoms with Gasteiger partial charge in [0.2, 0.25) is 10.0 Å². The molecule has 9 heteroatoms. The van der Waals surface area contributed by atoms with Crippen LogP contribution in [0.2, 0.25) is 0 Å². The van der Waals surface area contributed by atoms with Gasteiger partial charge >= 0.3 is 0 Å². The van der Waals surface area contributed by atoms with Gasteiger partial charge in [0.25, 0.3) is 0 Å². The highest BCUT2D eigenvalue weighted by molar-refractivity contribution is 9.10. The average molecular weight is 383 g/mol. The fraction of sp³-hybridized carbons (Fsp3) is 0.455. The molecule has 20 heavy (non-hydrogen) atoms. The van der Waals surface area contributed by atoms with E-state index in [0.717, 1.165) is 4.31 Å². The summed E-state index contributed by atoms with van der Waals surface area (Å²) in [5.74, 6) is -0.101. The molecule has 1 aliphatic rings. The molecule has 1 aromatic rings. The predicted octanol–water partition coefficient (Wildman–Crippen LogP) is 0.839. The molecule has 112 valence electrons. The topological polar surface area (TPSA) is 97.5 Å². The Hall–Kier alpha value is -0.640. The van der Waals surface area contributed by atoms with E-state index in [4.69, 9.17) is 5.73 Å². The van der Waals surface area contributed by atoms with Gasteiger partial charge in [-0.1, -0.05) is 0 Å². The van der Waals surface area contributed by atoms with Crippen molar-refractivity contribution >= 4 is 41.5 Å². The molecular weight excluding hydrogens is 368 g/mol. The van der Waals surface area contributed by atoms with Gasteiger partial charge in [0, 0.05) is 23.2 Å². The second-order valence-corrected chi connectivity index (χ2v) is 9.82. The average Bonchev–Trinajstić information content (AvgIpc) is 2.68. The number of nitrogen functional groups attached to an aromatic ring is 1. The number of sulfone groups is 1. The van der Waals surface area contributed by atoms with Crippen LogP contribution < -0.4 is 5.73 Å². The smallest absolute Gasteiger partial charge is 0.244 e. The lowest BCUT2D eigenvalue weighted by Crippen LogP contribution is -2.37. The fourth-order valence-corrected chi connectivity index (χ4v) is 6.45. The Labute approximate surface area is 127 Å². The molecule has 1 atom stereocenters. The van der Waals surface area contributed by atoms with Crippen molar-refractivity contribution in [2.24, 2.45) is 0 Å². The minimum absolute atomic E-state index is 0.0282. The molecule has 1 heterocycles. The van der Waals surface area contributed by atoms with E-state index in [2.05, 4.69) is 15.9 Å². The maximum absolute atomic E-state index is 12.5. The number of rotatable bonds is 3. The molecule has 0 spiro atoms. The Bertz CT molecular complexity index is 731. The first-order valence-corrected chi connectivity index (χ1v) is 9.92. The highest BCUT2D eigenvalue weighted by Gasteiger charge is 2.37. The van der Waals surface area contributed by atoms with Crippen molar-refractivity contribution in [1.82, 2.24) is 4.31 Å².